The van der Waals surface area contributed by atoms with E-state index in [1.54, 1.807) is 6.07 Å². The van der Waals surface area contributed by atoms with Crippen molar-refractivity contribution < 1.29 is 19.4 Å². The van der Waals surface area contributed by atoms with Crippen molar-refractivity contribution in [3.63, 3.8) is 0 Å². The minimum Gasteiger partial charge on any atom is -0.707 e. The summed E-state index contributed by atoms with van der Waals surface area (Å²) in [6.07, 6.45) is 0.615. The van der Waals surface area contributed by atoms with Crippen LogP contribution >= 0.6 is 0 Å². The van der Waals surface area contributed by atoms with E-state index in [1.165, 1.54) is 12.1 Å². The second-order valence-electron chi connectivity index (χ2n) is 3.58. The maximum atomic E-state index is 11.7. The van der Waals surface area contributed by atoms with Crippen molar-refractivity contribution >= 4 is 11.0 Å². The van der Waals surface area contributed by atoms with Gasteiger partial charge in [0, 0.05) is 6.07 Å². The fraction of sp³-hybridized carbons (Fsp3) is 0.300. The molecule has 18 heavy (non-hydrogen) atoms. The molecule has 8 heteroatoms. The Labute approximate surface area is 102 Å². The zero-order valence-electron chi connectivity index (χ0n) is 9.44. The summed E-state index contributed by atoms with van der Waals surface area (Å²) >= 11 is 0. The first-order chi connectivity index (χ1) is 8.65. The number of ether oxygens (including phenoxy) is 1. The van der Waals surface area contributed by atoms with Crippen LogP contribution in [-0.4, -0.2) is 23.4 Å². The Kier molecular flexibility index (Phi) is 3.28. The average molecular weight is 252 g/mol. The fourth-order valence-corrected chi connectivity index (χ4v) is 1.53. The fourth-order valence-electron chi connectivity index (χ4n) is 1.53. The number of para-hydroxylation sites is 1. The molecule has 0 amide bonds. The first kappa shape index (κ1) is 12.1. The van der Waals surface area contributed by atoms with Crippen molar-refractivity contribution in [2.45, 2.75) is 6.42 Å². The SMILES string of the molecule is NCCCOc1cccc2c1[n+]([O-])c(O)n[n+]2[O-]. The van der Waals surface area contributed by atoms with Crippen molar-refractivity contribution in [2.24, 2.45) is 5.73 Å². The topological polar surface area (TPSA) is 122 Å². The van der Waals surface area contributed by atoms with Gasteiger partial charge >= 0.3 is 11.5 Å². The summed E-state index contributed by atoms with van der Waals surface area (Å²) in [5, 5.41) is 35.5. The Balaban J connectivity index is 2.53. The molecule has 96 valence electrons. The van der Waals surface area contributed by atoms with Gasteiger partial charge in [0.2, 0.25) is 0 Å². The summed E-state index contributed by atoms with van der Waals surface area (Å²) in [7, 11) is 0. The number of aromatic nitrogens is 3. The van der Waals surface area contributed by atoms with Gasteiger partial charge in [0.1, 0.15) is 0 Å². The molecule has 0 bridgehead atoms. The molecule has 0 radical (unpaired) electrons. The van der Waals surface area contributed by atoms with Crippen molar-refractivity contribution in [1.29, 1.82) is 0 Å². The molecule has 2 rings (SSSR count). The number of aromatic hydroxyl groups is 1. The smallest absolute Gasteiger partial charge is 0.569 e. The van der Waals surface area contributed by atoms with Crippen LogP contribution in [-0.2, 0) is 0 Å². The highest BCUT2D eigenvalue weighted by Gasteiger charge is 2.24. The highest BCUT2D eigenvalue weighted by atomic mass is 16.5. The summed E-state index contributed by atoms with van der Waals surface area (Å²) in [5.74, 6) is 0.207. The molecule has 0 saturated heterocycles. The summed E-state index contributed by atoms with van der Waals surface area (Å²) in [6.45, 7) is 0.772. The van der Waals surface area contributed by atoms with Crippen LogP contribution in [0.3, 0.4) is 0 Å². The number of hydrogen-bond donors (Lipinski definition) is 2. The molecule has 0 fully saturated rings. The number of benzene rings is 1. The molecule has 0 atom stereocenters. The van der Waals surface area contributed by atoms with Crippen LogP contribution in [0, 0.1) is 10.4 Å². The van der Waals surface area contributed by atoms with Gasteiger partial charge in [-0.2, -0.15) is 4.73 Å². The lowest BCUT2D eigenvalue weighted by Crippen LogP contribution is -2.41. The predicted molar refractivity (Wildman–Crippen MR) is 60.5 cm³/mol. The molecule has 0 unspecified atom stereocenters. The van der Waals surface area contributed by atoms with Gasteiger partial charge < -0.3 is 26.0 Å². The molecule has 1 aromatic heterocycles. The first-order valence-corrected chi connectivity index (χ1v) is 5.33. The maximum absolute atomic E-state index is 11.7. The van der Waals surface area contributed by atoms with Gasteiger partial charge in [-0.1, -0.05) is 6.07 Å². The monoisotopic (exact) mass is 252 g/mol. The third-order valence-corrected chi connectivity index (χ3v) is 2.35. The van der Waals surface area contributed by atoms with E-state index in [0.717, 1.165) is 0 Å². The number of fused-ring (bicyclic) bond motifs is 1. The molecular weight excluding hydrogens is 240 g/mol. The van der Waals surface area contributed by atoms with Crippen LogP contribution in [0.15, 0.2) is 18.2 Å². The van der Waals surface area contributed by atoms with Gasteiger partial charge in [-0.3, -0.25) is 0 Å². The number of nitrogens with zero attached hydrogens (tertiary/aromatic N) is 3. The van der Waals surface area contributed by atoms with Crippen LogP contribution in [0.1, 0.15) is 6.42 Å². The van der Waals surface area contributed by atoms with E-state index in [9.17, 15) is 15.5 Å². The van der Waals surface area contributed by atoms with Gasteiger partial charge in [0.15, 0.2) is 5.75 Å². The van der Waals surface area contributed by atoms with E-state index in [2.05, 4.69) is 5.10 Å². The highest BCUT2D eigenvalue weighted by Crippen LogP contribution is 2.20. The van der Waals surface area contributed by atoms with Gasteiger partial charge in [0.25, 0.3) is 10.6 Å². The lowest BCUT2D eigenvalue weighted by atomic mass is 10.3. The first-order valence-electron chi connectivity index (χ1n) is 5.33. The zero-order valence-corrected chi connectivity index (χ0v) is 9.44. The highest BCUT2D eigenvalue weighted by molar-refractivity contribution is 5.75. The van der Waals surface area contributed by atoms with Crippen LogP contribution in [0.25, 0.3) is 11.0 Å². The molecule has 8 nitrogen and oxygen atoms in total. The molecule has 3 N–H and O–H groups in total. The van der Waals surface area contributed by atoms with Gasteiger partial charge in [0.05, 0.1) is 11.5 Å². The molecule has 0 saturated carbocycles. The van der Waals surface area contributed by atoms with Crippen LogP contribution in [0.4, 0.5) is 0 Å². The van der Waals surface area contributed by atoms with E-state index < -0.39 is 6.01 Å². The Hall–Kier alpha value is -2.35. The van der Waals surface area contributed by atoms with Crippen LogP contribution < -0.4 is 20.0 Å². The molecule has 0 aliphatic rings. The molecule has 0 spiro atoms. The lowest BCUT2D eigenvalue weighted by Gasteiger charge is -2.09. The lowest BCUT2D eigenvalue weighted by molar-refractivity contribution is -0.684. The largest absolute Gasteiger partial charge is 0.707 e. The minimum atomic E-state index is -0.924. The van der Waals surface area contributed by atoms with E-state index in [1.807, 2.05) is 0 Å². The van der Waals surface area contributed by atoms with E-state index in [-0.39, 0.29) is 26.4 Å². The molecular formula is C10H12N4O4. The van der Waals surface area contributed by atoms with Crippen molar-refractivity contribution in [3.05, 3.63) is 28.6 Å². The minimum absolute atomic E-state index is 0.0213. The van der Waals surface area contributed by atoms with Gasteiger partial charge in [-0.05, 0) is 19.0 Å². The Bertz CT molecular complexity index is 575. The second kappa shape index (κ2) is 4.88. The normalized spacial score (nSPS) is 10.7. The van der Waals surface area contributed by atoms with E-state index in [4.69, 9.17) is 10.5 Å². The average Bonchev–Trinajstić information content (AvgIpc) is 2.36. The third-order valence-electron chi connectivity index (χ3n) is 2.35. The molecule has 1 aromatic carbocycles. The quantitative estimate of drug-likeness (QED) is 0.406. The Morgan fingerprint density at radius 3 is 2.89 bits per heavy atom. The van der Waals surface area contributed by atoms with Crippen molar-refractivity contribution in [3.8, 4) is 11.8 Å². The Morgan fingerprint density at radius 2 is 2.17 bits per heavy atom. The van der Waals surface area contributed by atoms with E-state index in [0.29, 0.717) is 19.6 Å². The molecule has 0 aliphatic heterocycles. The zero-order chi connectivity index (χ0) is 13.1. The summed E-state index contributed by atoms with van der Waals surface area (Å²) in [6, 6.07) is 3.59. The summed E-state index contributed by atoms with van der Waals surface area (Å²) in [5.41, 5.74) is 5.30. The van der Waals surface area contributed by atoms with Crippen molar-refractivity contribution in [2.75, 3.05) is 13.2 Å². The Morgan fingerprint density at radius 1 is 1.39 bits per heavy atom. The van der Waals surface area contributed by atoms with Crippen LogP contribution in [0.5, 0.6) is 11.8 Å². The number of hydrogen-bond acceptors (Lipinski definition) is 6. The van der Waals surface area contributed by atoms with E-state index >= 15 is 0 Å². The number of rotatable bonds is 4. The summed E-state index contributed by atoms with van der Waals surface area (Å²) < 4.78 is 5.51. The third kappa shape index (κ3) is 2.05. The standard InChI is InChI=1S/C10H12N4O4/c11-5-2-6-18-8-4-1-3-7-9(8)13(16)10(15)12-14(7)17/h1,3-4H,2,5-6,11H2,(H,12,15). The van der Waals surface area contributed by atoms with Gasteiger partial charge in [-0.15, -0.1) is 0 Å². The van der Waals surface area contributed by atoms with Crippen molar-refractivity contribution in [1.82, 2.24) is 5.10 Å². The molecule has 2 aromatic rings. The number of nitrogens with two attached hydrogens (primary N) is 1. The second-order valence-corrected chi connectivity index (χ2v) is 3.58. The van der Waals surface area contributed by atoms with Gasteiger partial charge in [-0.25, -0.2) is 0 Å². The predicted octanol–water partition coefficient (Wildman–Crippen LogP) is -1.07. The molecule has 0 aliphatic carbocycles. The maximum Gasteiger partial charge on any atom is 0.569 e. The summed E-state index contributed by atoms with van der Waals surface area (Å²) in [4.78, 5) is 0.175. The van der Waals surface area contributed by atoms with Crippen LogP contribution in [0.2, 0.25) is 0 Å². The molecule has 1 heterocycles.